The Morgan fingerprint density at radius 2 is 1.61 bits per heavy atom. The van der Waals surface area contributed by atoms with Gasteiger partial charge >= 0.3 is 0 Å². The lowest BCUT2D eigenvalue weighted by Gasteiger charge is -2.29. The third-order valence-electron chi connectivity index (χ3n) is 4.50. The summed E-state index contributed by atoms with van der Waals surface area (Å²) >= 11 is 0. The predicted octanol–water partition coefficient (Wildman–Crippen LogP) is 2.15. The summed E-state index contributed by atoms with van der Waals surface area (Å²) in [4.78, 5) is 2.50. The van der Waals surface area contributed by atoms with Crippen molar-refractivity contribution in [3.8, 4) is 0 Å². The van der Waals surface area contributed by atoms with Gasteiger partial charge in [-0.3, -0.25) is 0 Å². The van der Waals surface area contributed by atoms with Crippen LogP contribution in [0.2, 0.25) is 0 Å². The number of nitrogens with zero attached hydrogens (tertiary/aromatic N) is 1. The van der Waals surface area contributed by atoms with Gasteiger partial charge in [0.15, 0.2) is 0 Å². The molecule has 0 bridgehead atoms. The van der Waals surface area contributed by atoms with Gasteiger partial charge in [-0.05, 0) is 45.2 Å². The van der Waals surface area contributed by atoms with Crippen molar-refractivity contribution in [1.29, 1.82) is 0 Å². The second-order valence-corrected chi connectivity index (χ2v) is 6.07. The maximum atomic E-state index is 9.46. The molecule has 0 aromatic carbocycles. The minimum absolute atomic E-state index is 0.0367. The molecule has 0 spiro atoms. The molecule has 2 fully saturated rings. The van der Waals surface area contributed by atoms with E-state index in [2.05, 4.69) is 10.2 Å². The van der Waals surface area contributed by atoms with Crippen molar-refractivity contribution in [2.75, 3.05) is 26.2 Å². The maximum Gasteiger partial charge on any atom is 0.0564 e. The molecule has 106 valence electrons. The highest BCUT2D eigenvalue weighted by Gasteiger charge is 2.16. The highest BCUT2D eigenvalue weighted by Crippen LogP contribution is 2.17. The van der Waals surface area contributed by atoms with Crippen LogP contribution in [0.3, 0.4) is 0 Å². The fraction of sp³-hybridized carbons (Fsp3) is 1.00. The van der Waals surface area contributed by atoms with Crippen molar-refractivity contribution in [3.63, 3.8) is 0 Å². The molecular formula is C15H30N2O. The zero-order valence-corrected chi connectivity index (χ0v) is 11.7. The van der Waals surface area contributed by atoms with Gasteiger partial charge in [0.1, 0.15) is 0 Å². The number of likely N-dealkylation sites (tertiary alicyclic amines) is 1. The molecule has 0 amide bonds. The molecule has 2 N–H and O–H groups in total. The van der Waals surface area contributed by atoms with E-state index in [1.165, 1.54) is 58.0 Å². The summed E-state index contributed by atoms with van der Waals surface area (Å²) in [5.74, 6) is 0. The first kappa shape index (κ1) is 14.3. The molecule has 1 heterocycles. The number of hydrogen-bond donors (Lipinski definition) is 2. The van der Waals surface area contributed by atoms with Crippen molar-refractivity contribution in [1.82, 2.24) is 10.2 Å². The molecule has 1 aliphatic heterocycles. The Morgan fingerprint density at radius 1 is 0.944 bits per heavy atom. The second kappa shape index (κ2) is 8.13. The van der Waals surface area contributed by atoms with Crippen molar-refractivity contribution >= 4 is 0 Å². The highest BCUT2D eigenvalue weighted by atomic mass is 16.3. The quantitative estimate of drug-likeness (QED) is 0.583. The van der Waals surface area contributed by atoms with E-state index in [9.17, 15) is 5.11 Å². The molecule has 0 atom stereocenters. The normalized spacial score (nSPS) is 25.2. The molecule has 3 heteroatoms. The monoisotopic (exact) mass is 254 g/mol. The van der Waals surface area contributed by atoms with E-state index in [1.807, 2.05) is 0 Å². The Labute approximate surface area is 112 Å². The summed E-state index contributed by atoms with van der Waals surface area (Å²) < 4.78 is 0. The Balaban J connectivity index is 1.50. The van der Waals surface area contributed by atoms with E-state index in [1.54, 1.807) is 0 Å². The van der Waals surface area contributed by atoms with Crippen LogP contribution >= 0.6 is 0 Å². The number of nitrogens with one attached hydrogen (secondary N) is 1. The fourth-order valence-electron chi connectivity index (χ4n) is 3.24. The highest BCUT2D eigenvalue weighted by molar-refractivity contribution is 4.73. The van der Waals surface area contributed by atoms with E-state index in [0.717, 1.165) is 32.0 Å². The first-order chi connectivity index (χ1) is 8.84. The minimum Gasteiger partial charge on any atom is -0.393 e. The molecule has 0 aromatic heterocycles. The number of rotatable bonds is 5. The summed E-state index contributed by atoms with van der Waals surface area (Å²) in [6, 6.07) is 0.788. The van der Waals surface area contributed by atoms with E-state index < -0.39 is 0 Å². The lowest BCUT2D eigenvalue weighted by atomic mass is 10.1. The molecule has 1 saturated carbocycles. The van der Waals surface area contributed by atoms with E-state index >= 15 is 0 Å². The Morgan fingerprint density at radius 3 is 2.28 bits per heavy atom. The van der Waals surface area contributed by atoms with Crippen LogP contribution in [0.4, 0.5) is 0 Å². The van der Waals surface area contributed by atoms with Gasteiger partial charge in [-0.1, -0.05) is 25.7 Å². The zero-order valence-electron chi connectivity index (χ0n) is 11.7. The number of hydrogen-bond acceptors (Lipinski definition) is 3. The fourth-order valence-corrected chi connectivity index (χ4v) is 3.24. The number of piperidine rings is 1. The topological polar surface area (TPSA) is 35.5 Å². The van der Waals surface area contributed by atoms with Crippen molar-refractivity contribution in [3.05, 3.63) is 0 Å². The van der Waals surface area contributed by atoms with Gasteiger partial charge in [-0.25, -0.2) is 0 Å². The number of aliphatic hydroxyl groups is 1. The molecule has 0 radical (unpaired) electrons. The molecule has 1 saturated heterocycles. The van der Waals surface area contributed by atoms with Gasteiger partial charge in [0, 0.05) is 19.1 Å². The summed E-state index contributed by atoms with van der Waals surface area (Å²) in [5.41, 5.74) is 0. The Hall–Kier alpha value is -0.120. The van der Waals surface area contributed by atoms with Gasteiger partial charge in [-0.2, -0.15) is 0 Å². The van der Waals surface area contributed by atoms with Crippen LogP contribution < -0.4 is 5.32 Å². The van der Waals surface area contributed by atoms with Gasteiger partial charge < -0.3 is 15.3 Å². The average Bonchev–Trinajstić information content (AvgIpc) is 2.65. The van der Waals surface area contributed by atoms with Crippen molar-refractivity contribution < 1.29 is 5.11 Å². The van der Waals surface area contributed by atoms with Gasteiger partial charge in [0.2, 0.25) is 0 Å². The Bertz CT molecular complexity index is 207. The zero-order chi connectivity index (χ0) is 12.6. The van der Waals surface area contributed by atoms with E-state index in [4.69, 9.17) is 0 Å². The third kappa shape index (κ3) is 5.25. The second-order valence-electron chi connectivity index (χ2n) is 6.07. The molecule has 2 rings (SSSR count). The summed E-state index contributed by atoms with van der Waals surface area (Å²) in [6.07, 6.45) is 11.6. The SMILES string of the molecule is OC1CCN(CCCNC2CCCCCC2)CC1. The summed E-state index contributed by atoms with van der Waals surface area (Å²) in [6.45, 7) is 4.55. The average molecular weight is 254 g/mol. The lowest BCUT2D eigenvalue weighted by Crippen LogP contribution is -2.38. The first-order valence-corrected chi connectivity index (χ1v) is 7.98. The minimum atomic E-state index is -0.0367. The molecule has 2 aliphatic rings. The smallest absolute Gasteiger partial charge is 0.0564 e. The Kier molecular flexibility index (Phi) is 6.46. The van der Waals surface area contributed by atoms with Crippen molar-refractivity contribution in [2.45, 2.75) is 69.9 Å². The molecule has 3 nitrogen and oxygen atoms in total. The maximum absolute atomic E-state index is 9.46. The van der Waals surface area contributed by atoms with Crippen LogP contribution in [-0.2, 0) is 0 Å². The molecule has 18 heavy (non-hydrogen) atoms. The van der Waals surface area contributed by atoms with E-state index in [-0.39, 0.29) is 6.10 Å². The van der Waals surface area contributed by atoms with Crippen LogP contribution in [0.15, 0.2) is 0 Å². The molecular weight excluding hydrogens is 224 g/mol. The van der Waals surface area contributed by atoms with Crippen LogP contribution in [0, 0.1) is 0 Å². The van der Waals surface area contributed by atoms with Gasteiger partial charge in [-0.15, -0.1) is 0 Å². The standard InChI is InChI=1S/C15H30N2O/c18-15-8-12-17(13-9-15)11-5-10-16-14-6-3-1-2-4-7-14/h14-16,18H,1-13H2. The molecule has 0 aromatic rings. The van der Waals surface area contributed by atoms with E-state index in [0.29, 0.717) is 0 Å². The third-order valence-corrected chi connectivity index (χ3v) is 4.50. The van der Waals surface area contributed by atoms with Crippen molar-refractivity contribution in [2.24, 2.45) is 0 Å². The molecule has 0 unspecified atom stereocenters. The van der Waals surface area contributed by atoms with Crippen LogP contribution in [0.25, 0.3) is 0 Å². The predicted molar refractivity (Wildman–Crippen MR) is 75.8 cm³/mol. The largest absolute Gasteiger partial charge is 0.393 e. The van der Waals surface area contributed by atoms with Crippen LogP contribution in [0.1, 0.15) is 57.8 Å². The van der Waals surface area contributed by atoms with Crippen LogP contribution in [-0.4, -0.2) is 48.3 Å². The van der Waals surface area contributed by atoms with Crippen LogP contribution in [0.5, 0.6) is 0 Å². The molecule has 1 aliphatic carbocycles. The summed E-state index contributed by atoms with van der Waals surface area (Å²) in [5, 5.41) is 13.2. The summed E-state index contributed by atoms with van der Waals surface area (Å²) in [7, 11) is 0. The lowest BCUT2D eigenvalue weighted by molar-refractivity contribution is 0.0820. The number of aliphatic hydroxyl groups excluding tert-OH is 1. The first-order valence-electron chi connectivity index (χ1n) is 7.98. The van der Waals surface area contributed by atoms with Gasteiger partial charge in [0.05, 0.1) is 6.10 Å². The van der Waals surface area contributed by atoms with Gasteiger partial charge in [0.25, 0.3) is 0 Å².